The Bertz CT molecular complexity index is 699. The van der Waals surface area contributed by atoms with Gasteiger partial charge in [-0.1, -0.05) is 23.8 Å². The number of ether oxygens (including phenoxy) is 1. The quantitative estimate of drug-likeness (QED) is 0.397. The van der Waals surface area contributed by atoms with Gasteiger partial charge in [-0.15, -0.1) is 11.6 Å². The maximum Gasteiger partial charge on any atom is 0.342 e. The van der Waals surface area contributed by atoms with Crippen LogP contribution in [0.3, 0.4) is 0 Å². The molecule has 1 heterocycles. The number of ketones is 1. The highest BCUT2D eigenvalue weighted by molar-refractivity contribution is 6.33. The molecule has 1 aliphatic rings. The topological polar surface area (TPSA) is 83.8 Å². The number of cyclic esters (lactones) is 1. The molecule has 1 unspecified atom stereocenters. The smallest absolute Gasteiger partial charge is 0.342 e. The fourth-order valence-corrected chi connectivity index (χ4v) is 3.18. The van der Waals surface area contributed by atoms with E-state index in [1.807, 2.05) is 12.2 Å². The van der Waals surface area contributed by atoms with Gasteiger partial charge < -0.3 is 14.9 Å². The van der Waals surface area contributed by atoms with Gasteiger partial charge in [-0.2, -0.15) is 0 Å². The van der Waals surface area contributed by atoms with E-state index in [0.29, 0.717) is 12.8 Å². The number of rotatable bonds is 0. The number of Topliss-reactive ketones (excluding diaryl/α,β-unsaturated/α-hetero) is 1. The summed E-state index contributed by atoms with van der Waals surface area (Å²) < 4.78 is 5.33. The Morgan fingerprint density at radius 1 is 1.20 bits per heavy atom. The first-order chi connectivity index (χ1) is 11.8. The molecular weight excluding hydrogens is 367 g/mol. The van der Waals surface area contributed by atoms with Crippen LogP contribution in [0.4, 0.5) is 0 Å². The van der Waals surface area contributed by atoms with Gasteiger partial charge in [0.25, 0.3) is 0 Å². The fourth-order valence-electron chi connectivity index (χ4n) is 2.67. The maximum atomic E-state index is 12.5. The average molecular weight is 387 g/mol. The first-order valence-electron chi connectivity index (χ1n) is 8.04. The lowest BCUT2D eigenvalue weighted by Crippen LogP contribution is -2.19. The van der Waals surface area contributed by atoms with Crippen LogP contribution in [0.1, 0.15) is 48.5 Å². The Morgan fingerprint density at radius 3 is 2.64 bits per heavy atom. The molecule has 1 aromatic rings. The lowest BCUT2D eigenvalue weighted by atomic mass is 9.97. The standard InChI is InChI=1S/C18H20Cl2O5/c1-10-5-3-2-4-6-11(19)7-12(21)8-13-16(18(24)25-10)14(22)9-15(23)17(13)20/h2-3,9-11,22-23H,4-8H2,1H3/t10-,11?/m1/s1. The fraction of sp³-hybridized carbons (Fsp3) is 0.444. The monoisotopic (exact) mass is 386 g/mol. The van der Waals surface area contributed by atoms with E-state index in [0.717, 1.165) is 12.5 Å². The van der Waals surface area contributed by atoms with Crippen molar-refractivity contribution in [1.82, 2.24) is 0 Å². The van der Waals surface area contributed by atoms with E-state index >= 15 is 0 Å². The second-order valence-corrected chi connectivity index (χ2v) is 7.09. The SMILES string of the molecule is C[C@@H]1CC=CCCC(Cl)CC(=O)Cc2c(Cl)c(O)cc(O)c2C(=O)O1. The number of alkyl halides is 1. The first kappa shape index (κ1) is 19.6. The van der Waals surface area contributed by atoms with Crippen molar-refractivity contribution in [3.05, 3.63) is 34.4 Å². The highest BCUT2D eigenvalue weighted by atomic mass is 35.5. The third kappa shape index (κ3) is 5.13. The summed E-state index contributed by atoms with van der Waals surface area (Å²) in [5.41, 5.74) is -0.145. The summed E-state index contributed by atoms with van der Waals surface area (Å²) in [6.07, 6.45) is 5.17. The predicted molar refractivity (Wildman–Crippen MR) is 95.6 cm³/mol. The van der Waals surface area contributed by atoms with Crippen molar-refractivity contribution in [2.24, 2.45) is 0 Å². The average Bonchev–Trinajstić information content (AvgIpc) is 2.50. The number of benzene rings is 1. The minimum absolute atomic E-state index is 0.0536. The lowest BCUT2D eigenvalue weighted by Gasteiger charge is -2.17. The molecule has 0 amide bonds. The van der Waals surface area contributed by atoms with Crippen molar-refractivity contribution in [1.29, 1.82) is 0 Å². The molecule has 0 bridgehead atoms. The van der Waals surface area contributed by atoms with Crippen LogP contribution in [0.5, 0.6) is 11.5 Å². The Labute approximate surface area is 156 Å². The van der Waals surface area contributed by atoms with Gasteiger partial charge in [0, 0.05) is 36.3 Å². The van der Waals surface area contributed by atoms with Crippen LogP contribution in [0.2, 0.25) is 5.02 Å². The zero-order chi connectivity index (χ0) is 18.6. The summed E-state index contributed by atoms with van der Waals surface area (Å²) in [6.45, 7) is 1.72. The number of allylic oxidation sites excluding steroid dienone is 1. The number of phenolic OH excluding ortho intramolecular Hbond substituents is 2. The van der Waals surface area contributed by atoms with Crippen LogP contribution in [0.25, 0.3) is 0 Å². The van der Waals surface area contributed by atoms with Crippen LogP contribution >= 0.6 is 23.2 Å². The van der Waals surface area contributed by atoms with Crippen molar-refractivity contribution < 1.29 is 24.5 Å². The predicted octanol–water partition coefficient (Wildman–Crippen LogP) is 4.15. The third-order valence-electron chi connectivity index (χ3n) is 3.94. The molecule has 0 aliphatic carbocycles. The first-order valence-corrected chi connectivity index (χ1v) is 8.86. The normalized spacial score (nSPS) is 22.8. The molecule has 0 saturated carbocycles. The van der Waals surface area contributed by atoms with E-state index < -0.39 is 23.6 Å². The van der Waals surface area contributed by atoms with Crippen LogP contribution < -0.4 is 0 Å². The van der Waals surface area contributed by atoms with Crippen LogP contribution in [-0.2, 0) is 16.0 Å². The summed E-state index contributed by atoms with van der Waals surface area (Å²) in [5.74, 6) is -1.91. The van der Waals surface area contributed by atoms with Gasteiger partial charge in [0.15, 0.2) is 0 Å². The Balaban J connectivity index is 2.45. The number of aromatic hydroxyl groups is 2. The number of carbonyl (C=O) groups is 2. The number of halogens is 2. The van der Waals surface area contributed by atoms with Crippen molar-refractivity contribution in [2.45, 2.75) is 50.5 Å². The minimum Gasteiger partial charge on any atom is -0.507 e. The van der Waals surface area contributed by atoms with Crippen LogP contribution in [0, 0.1) is 0 Å². The van der Waals surface area contributed by atoms with Gasteiger partial charge in [-0.25, -0.2) is 4.79 Å². The van der Waals surface area contributed by atoms with E-state index in [-0.39, 0.29) is 40.2 Å². The molecule has 0 fully saturated rings. The van der Waals surface area contributed by atoms with Gasteiger partial charge in [-0.3, -0.25) is 4.79 Å². The highest BCUT2D eigenvalue weighted by Gasteiger charge is 2.26. The molecule has 5 nitrogen and oxygen atoms in total. The Hall–Kier alpha value is -1.72. The molecule has 1 aromatic carbocycles. The molecule has 2 atom stereocenters. The van der Waals surface area contributed by atoms with E-state index in [9.17, 15) is 19.8 Å². The minimum atomic E-state index is -0.789. The molecule has 2 rings (SSSR count). The van der Waals surface area contributed by atoms with Gasteiger partial charge in [-0.05, 0) is 19.8 Å². The zero-order valence-electron chi connectivity index (χ0n) is 13.8. The van der Waals surface area contributed by atoms with Gasteiger partial charge >= 0.3 is 5.97 Å². The van der Waals surface area contributed by atoms with Crippen molar-refractivity contribution >= 4 is 35.0 Å². The number of esters is 1. The lowest BCUT2D eigenvalue weighted by molar-refractivity contribution is -0.118. The van der Waals surface area contributed by atoms with Gasteiger partial charge in [0.2, 0.25) is 0 Å². The summed E-state index contributed by atoms with van der Waals surface area (Å²) >= 11 is 12.3. The molecule has 0 saturated heterocycles. The molecule has 0 radical (unpaired) electrons. The molecule has 7 heteroatoms. The molecular formula is C18H20Cl2O5. The van der Waals surface area contributed by atoms with Gasteiger partial charge in [0.1, 0.15) is 28.9 Å². The summed E-state index contributed by atoms with van der Waals surface area (Å²) in [4.78, 5) is 24.8. The second-order valence-electron chi connectivity index (χ2n) is 6.10. The number of carbonyl (C=O) groups excluding carboxylic acids is 2. The summed E-state index contributed by atoms with van der Waals surface area (Å²) in [6, 6.07) is 0.963. The second kappa shape index (κ2) is 8.59. The molecule has 25 heavy (non-hydrogen) atoms. The summed E-state index contributed by atoms with van der Waals surface area (Å²) in [5, 5.41) is 19.4. The number of phenols is 2. The van der Waals surface area contributed by atoms with Crippen molar-refractivity contribution in [3.8, 4) is 11.5 Å². The molecule has 136 valence electrons. The maximum absolute atomic E-state index is 12.5. The molecule has 0 spiro atoms. The van der Waals surface area contributed by atoms with E-state index in [4.69, 9.17) is 27.9 Å². The van der Waals surface area contributed by atoms with E-state index in [2.05, 4.69) is 0 Å². The van der Waals surface area contributed by atoms with Crippen LogP contribution in [0.15, 0.2) is 18.2 Å². The van der Waals surface area contributed by atoms with Crippen molar-refractivity contribution in [3.63, 3.8) is 0 Å². The number of fused-ring (bicyclic) bond motifs is 1. The Morgan fingerprint density at radius 2 is 1.92 bits per heavy atom. The highest BCUT2D eigenvalue weighted by Crippen LogP contribution is 2.37. The molecule has 2 N–H and O–H groups in total. The molecule has 1 aliphatic heterocycles. The summed E-state index contributed by atoms with van der Waals surface area (Å²) in [7, 11) is 0. The third-order valence-corrected chi connectivity index (χ3v) is 4.73. The number of hydrogen-bond donors (Lipinski definition) is 2. The van der Waals surface area contributed by atoms with E-state index in [1.165, 1.54) is 0 Å². The Kier molecular flexibility index (Phi) is 6.73. The van der Waals surface area contributed by atoms with Gasteiger partial charge in [0.05, 0.1) is 5.02 Å². The molecule has 0 aromatic heterocycles. The van der Waals surface area contributed by atoms with Crippen molar-refractivity contribution in [2.75, 3.05) is 0 Å². The zero-order valence-corrected chi connectivity index (χ0v) is 15.3. The number of hydrogen-bond acceptors (Lipinski definition) is 5. The van der Waals surface area contributed by atoms with Crippen LogP contribution in [-0.4, -0.2) is 33.4 Å². The van der Waals surface area contributed by atoms with E-state index in [1.54, 1.807) is 6.92 Å². The largest absolute Gasteiger partial charge is 0.507 e.